The van der Waals surface area contributed by atoms with Crippen LogP contribution in [-0.2, 0) is 4.74 Å². The quantitative estimate of drug-likeness (QED) is 0.670. The summed E-state index contributed by atoms with van der Waals surface area (Å²) in [6, 6.07) is 6.53. The SMILES string of the molecule is CN(c1ccc(N)cc1I)C1CCOC1. The van der Waals surface area contributed by atoms with Gasteiger partial charge in [0.1, 0.15) is 0 Å². The second-order valence-corrected chi connectivity index (χ2v) is 5.00. The largest absolute Gasteiger partial charge is 0.399 e. The number of ether oxygens (including phenoxy) is 1. The molecule has 0 bridgehead atoms. The Bertz CT molecular complexity index is 350. The summed E-state index contributed by atoms with van der Waals surface area (Å²) < 4.78 is 6.59. The van der Waals surface area contributed by atoms with Crippen molar-refractivity contribution in [3.63, 3.8) is 0 Å². The fourth-order valence-electron chi connectivity index (χ4n) is 1.83. The van der Waals surface area contributed by atoms with Gasteiger partial charge in [-0.05, 0) is 47.2 Å². The number of halogens is 1. The summed E-state index contributed by atoms with van der Waals surface area (Å²) in [7, 11) is 2.12. The third-order valence-electron chi connectivity index (χ3n) is 2.81. The first-order valence-electron chi connectivity index (χ1n) is 5.04. The van der Waals surface area contributed by atoms with Gasteiger partial charge in [0.15, 0.2) is 0 Å². The topological polar surface area (TPSA) is 38.5 Å². The Hall–Kier alpha value is -0.490. The lowest BCUT2D eigenvalue weighted by atomic mass is 10.2. The molecular weight excluding hydrogens is 303 g/mol. The Morgan fingerprint density at radius 1 is 1.53 bits per heavy atom. The zero-order chi connectivity index (χ0) is 10.8. The summed E-state index contributed by atoms with van der Waals surface area (Å²) in [6.07, 6.45) is 1.11. The van der Waals surface area contributed by atoms with Gasteiger partial charge in [-0.2, -0.15) is 0 Å². The fraction of sp³-hybridized carbons (Fsp3) is 0.455. The number of nitrogens with zero attached hydrogens (tertiary/aromatic N) is 1. The van der Waals surface area contributed by atoms with Crippen LogP contribution in [0.1, 0.15) is 6.42 Å². The predicted octanol–water partition coefficient (Wildman–Crippen LogP) is 2.10. The van der Waals surface area contributed by atoms with E-state index in [9.17, 15) is 0 Å². The predicted molar refractivity (Wildman–Crippen MR) is 71.2 cm³/mol. The van der Waals surface area contributed by atoms with Gasteiger partial charge in [-0.15, -0.1) is 0 Å². The number of nitrogens with two attached hydrogens (primary N) is 1. The summed E-state index contributed by atoms with van der Waals surface area (Å²) in [4.78, 5) is 2.29. The lowest BCUT2D eigenvalue weighted by Crippen LogP contribution is -2.32. The number of hydrogen-bond acceptors (Lipinski definition) is 3. The molecule has 1 atom stereocenters. The maximum atomic E-state index is 5.73. The Balaban J connectivity index is 2.20. The molecule has 0 saturated carbocycles. The van der Waals surface area contributed by atoms with Gasteiger partial charge in [0.05, 0.1) is 18.3 Å². The smallest absolute Gasteiger partial charge is 0.0670 e. The van der Waals surface area contributed by atoms with Crippen molar-refractivity contribution in [3.8, 4) is 0 Å². The normalized spacial score (nSPS) is 20.5. The van der Waals surface area contributed by atoms with E-state index < -0.39 is 0 Å². The van der Waals surface area contributed by atoms with Crippen molar-refractivity contribution >= 4 is 34.0 Å². The number of benzene rings is 1. The number of nitrogen functional groups attached to an aromatic ring is 1. The van der Waals surface area contributed by atoms with Crippen LogP contribution >= 0.6 is 22.6 Å². The molecule has 1 aliphatic rings. The van der Waals surface area contributed by atoms with E-state index in [2.05, 4.69) is 40.6 Å². The molecule has 3 nitrogen and oxygen atoms in total. The first kappa shape index (κ1) is 11.0. The molecule has 1 aromatic rings. The third-order valence-corrected chi connectivity index (χ3v) is 3.67. The van der Waals surface area contributed by atoms with Crippen LogP contribution in [0.2, 0.25) is 0 Å². The lowest BCUT2D eigenvalue weighted by Gasteiger charge is -2.26. The second kappa shape index (κ2) is 4.57. The van der Waals surface area contributed by atoms with Gasteiger partial charge in [-0.3, -0.25) is 0 Å². The minimum absolute atomic E-state index is 0.502. The molecule has 1 unspecified atom stereocenters. The Morgan fingerprint density at radius 3 is 2.93 bits per heavy atom. The average molecular weight is 318 g/mol. The van der Waals surface area contributed by atoms with Crippen LogP contribution in [0.4, 0.5) is 11.4 Å². The van der Waals surface area contributed by atoms with Gasteiger partial charge in [0.2, 0.25) is 0 Å². The molecule has 1 aromatic carbocycles. The molecule has 0 aromatic heterocycles. The van der Waals surface area contributed by atoms with E-state index >= 15 is 0 Å². The number of rotatable bonds is 2. The average Bonchev–Trinajstić information content (AvgIpc) is 2.69. The highest BCUT2D eigenvalue weighted by molar-refractivity contribution is 14.1. The van der Waals surface area contributed by atoms with Crippen LogP contribution in [0, 0.1) is 3.57 Å². The van der Waals surface area contributed by atoms with Crippen LogP contribution < -0.4 is 10.6 Å². The molecule has 2 N–H and O–H groups in total. The highest BCUT2D eigenvalue weighted by Gasteiger charge is 2.21. The van der Waals surface area contributed by atoms with Crippen molar-refractivity contribution in [1.82, 2.24) is 0 Å². The molecule has 1 aliphatic heterocycles. The zero-order valence-electron chi connectivity index (χ0n) is 8.74. The molecule has 82 valence electrons. The maximum absolute atomic E-state index is 5.73. The molecule has 0 amide bonds. The van der Waals surface area contributed by atoms with Crippen molar-refractivity contribution in [3.05, 3.63) is 21.8 Å². The van der Waals surface area contributed by atoms with Gasteiger partial charge >= 0.3 is 0 Å². The Kier molecular flexibility index (Phi) is 3.35. The van der Waals surface area contributed by atoms with E-state index in [4.69, 9.17) is 10.5 Å². The van der Waals surface area contributed by atoms with E-state index in [-0.39, 0.29) is 0 Å². The Labute approximate surface area is 104 Å². The van der Waals surface area contributed by atoms with Crippen molar-refractivity contribution < 1.29 is 4.74 Å². The molecule has 0 aliphatic carbocycles. The van der Waals surface area contributed by atoms with Gasteiger partial charge in [-0.25, -0.2) is 0 Å². The van der Waals surface area contributed by atoms with Crippen LogP contribution in [0.3, 0.4) is 0 Å². The van der Waals surface area contributed by atoms with Crippen molar-refractivity contribution in [1.29, 1.82) is 0 Å². The summed E-state index contributed by atoms with van der Waals surface area (Å²) in [5, 5.41) is 0. The van der Waals surface area contributed by atoms with Crippen LogP contribution in [0.15, 0.2) is 18.2 Å². The summed E-state index contributed by atoms with van der Waals surface area (Å²) >= 11 is 2.33. The highest BCUT2D eigenvalue weighted by Crippen LogP contribution is 2.27. The van der Waals surface area contributed by atoms with E-state index in [0.717, 1.165) is 25.3 Å². The summed E-state index contributed by atoms with van der Waals surface area (Å²) in [6.45, 7) is 1.71. The summed E-state index contributed by atoms with van der Waals surface area (Å²) in [5.74, 6) is 0. The van der Waals surface area contributed by atoms with E-state index in [1.807, 2.05) is 12.1 Å². The molecule has 1 saturated heterocycles. The molecular formula is C11H15IN2O. The Morgan fingerprint density at radius 2 is 2.33 bits per heavy atom. The van der Waals surface area contributed by atoms with Crippen molar-refractivity contribution in [2.45, 2.75) is 12.5 Å². The number of anilines is 2. The molecule has 2 rings (SSSR count). The van der Waals surface area contributed by atoms with Crippen molar-refractivity contribution in [2.75, 3.05) is 30.9 Å². The van der Waals surface area contributed by atoms with Crippen LogP contribution in [-0.4, -0.2) is 26.3 Å². The minimum atomic E-state index is 0.502. The molecule has 15 heavy (non-hydrogen) atoms. The molecule has 4 heteroatoms. The number of hydrogen-bond donors (Lipinski definition) is 1. The van der Waals surface area contributed by atoms with E-state index in [1.54, 1.807) is 0 Å². The molecule has 0 radical (unpaired) electrons. The highest BCUT2D eigenvalue weighted by atomic mass is 127. The van der Waals surface area contributed by atoms with E-state index in [0.29, 0.717) is 6.04 Å². The second-order valence-electron chi connectivity index (χ2n) is 3.84. The van der Waals surface area contributed by atoms with E-state index in [1.165, 1.54) is 9.26 Å². The first-order valence-corrected chi connectivity index (χ1v) is 6.12. The number of likely N-dealkylation sites (N-methyl/N-ethyl adjacent to an activating group) is 1. The molecule has 0 spiro atoms. The zero-order valence-corrected chi connectivity index (χ0v) is 10.9. The third kappa shape index (κ3) is 2.36. The first-order chi connectivity index (χ1) is 7.18. The van der Waals surface area contributed by atoms with Crippen LogP contribution in [0.5, 0.6) is 0 Å². The monoisotopic (exact) mass is 318 g/mol. The lowest BCUT2D eigenvalue weighted by molar-refractivity contribution is 0.193. The fourth-order valence-corrected chi connectivity index (χ4v) is 2.75. The van der Waals surface area contributed by atoms with Gasteiger partial charge in [-0.1, -0.05) is 0 Å². The van der Waals surface area contributed by atoms with Crippen LogP contribution in [0.25, 0.3) is 0 Å². The standard InChI is InChI=1S/C11H15IN2O/c1-14(9-4-5-15-7-9)11-3-2-8(13)6-10(11)12/h2-3,6,9H,4-5,7,13H2,1H3. The van der Waals surface area contributed by atoms with Gasteiger partial charge < -0.3 is 15.4 Å². The maximum Gasteiger partial charge on any atom is 0.0670 e. The molecule has 1 heterocycles. The molecule has 1 fully saturated rings. The summed E-state index contributed by atoms with van der Waals surface area (Å²) in [5.41, 5.74) is 7.79. The minimum Gasteiger partial charge on any atom is -0.399 e. The van der Waals surface area contributed by atoms with Gasteiger partial charge in [0, 0.05) is 22.9 Å². The van der Waals surface area contributed by atoms with Gasteiger partial charge in [0.25, 0.3) is 0 Å². The van der Waals surface area contributed by atoms with Crippen molar-refractivity contribution in [2.24, 2.45) is 0 Å².